The van der Waals surface area contributed by atoms with E-state index < -0.39 is 11.7 Å². The first-order chi connectivity index (χ1) is 8.54. The number of carbonyl (C=O) groups excluding carboxylic acids is 1. The molecule has 2 amide bonds. The molecule has 18 heavy (non-hydrogen) atoms. The summed E-state index contributed by atoms with van der Waals surface area (Å²) in [5.74, 6) is 0.0379. The highest BCUT2D eigenvalue weighted by Gasteiger charge is 2.07. The van der Waals surface area contributed by atoms with Crippen LogP contribution in [-0.4, -0.2) is 23.9 Å². The van der Waals surface area contributed by atoms with Crippen LogP contribution in [0.25, 0.3) is 0 Å². The number of hydrogen-bond acceptors (Lipinski definition) is 4. The van der Waals surface area contributed by atoms with Crippen molar-refractivity contribution in [3.63, 3.8) is 0 Å². The topological polar surface area (TPSA) is 91.9 Å². The van der Waals surface area contributed by atoms with Crippen molar-refractivity contribution in [1.29, 1.82) is 0 Å². The number of aromatic hydroxyl groups is 1. The van der Waals surface area contributed by atoms with Gasteiger partial charge in [-0.2, -0.15) is 0 Å². The van der Waals surface area contributed by atoms with Gasteiger partial charge in [0, 0.05) is 12.6 Å². The van der Waals surface area contributed by atoms with Gasteiger partial charge < -0.3 is 14.8 Å². The summed E-state index contributed by atoms with van der Waals surface area (Å²) < 4.78 is 4.78. The van der Waals surface area contributed by atoms with Gasteiger partial charge in [-0.15, -0.1) is 0 Å². The first kappa shape index (κ1) is 14.0. The fraction of sp³-hybridized carbons (Fsp3) is 0.417. The fourth-order valence-corrected chi connectivity index (χ4v) is 1.27. The Bertz CT molecular complexity index is 505. The Balaban J connectivity index is 2.73. The zero-order chi connectivity index (χ0) is 13.5. The molecule has 1 aromatic rings. The molecule has 0 aromatic carbocycles. The van der Waals surface area contributed by atoms with Crippen molar-refractivity contribution >= 4 is 12.2 Å². The lowest BCUT2D eigenvalue weighted by molar-refractivity contribution is 0.249. The van der Waals surface area contributed by atoms with Crippen LogP contribution < -0.4 is 10.9 Å². The summed E-state index contributed by atoms with van der Waals surface area (Å²) in [5.41, 5.74) is -0.858. The summed E-state index contributed by atoms with van der Waals surface area (Å²) in [4.78, 5) is 26.2. The minimum Gasteiger partial charge on any atom is -0.507 e. The van der Waals surface area contributed by atoms with Crippen LogP contribution in [0.4, 0.5) is 4.79 Å². The molecule has 0 saturated heterocycles. The van der Waals surface area contributed by atoms with Gasteiger partial charge in [-0.1, -0.05) is 13.3 Å². The summed E-state index contributed by atoms with van der Waals surface area (Å²) in [5, 5.41) is 12.1. The maximum atomic E-state index is 11.4. The number of aliphatic imine (C=N–C) groups is 1. The molecule has 0 aliphatic carbocycles. The largest absolute Gasteiger partial charge is 0.507 e. The Hall–Kier alpha value is -2.11. The molecule has 0 saturated carbocycles. The second kappa shape index (κ2) is 6.58. The van der Waals surface area contributed by atoms with Crippen molar-refractivity contribution in [3.05, 3.63) is 27.8 Å². The summed E-state index contributed by atoms with van der Waals surface area (Å²) >= 11 is 0. The van der Waals surface area contributed by atoms with E-state index in [1.807, 2.05) is 6.92 Å². The van der Waals surface area contributed by atoms with Crippen LogP contribution in [0.1, 0.15) is 31.1 Å². The lowest BCUT2D eigenvalue weighted by Gasteiger charge is -1.99. The van der Waals surface area contributed by atoms with Crippen molar-refractivity contribution in [2.75, 3.05) is 6.54 Å². The summed E-state index contributed by atoms with van der Waals surface area (Å²) in [6, 6.07) is 0.736. The Kier molecular flexibility index (Phi) is 5.10. The molecular formula is C12H16N2O4. The van der Waals surface area contributed by atoms with E-state index in [0.717, 1.165) is 19.1 Å². The molecule has 6 nitrogen and oxygen atoms in total. The highest BCUT2D eigenvalue weighted by Crippen LogP contribution is 2.12. The Morgan fingerprint density at radius 3 is 2.94 bits per heavy atom. The molecule has 0 aliphatic heterocycles. The van der Waals surface area contributed by atoms with Crippen LogP contribution >= 0.6 is 0 Å². The third-order valence-electron chi connectivity index (χ3n) is 2.21. The summed E-state index contributed by atoms with van der Waals surface area (Å²) in [6.07, 6.45) is 2.83. The first-order valence-electron chi connectivity index (χ1n) is 5.70. The third kappa shape index (κ3) is 4.04. The average Bonchev–Trinajstić information content (AvgIpc) is 2.27. The molecule has 0 unspecified atom stereocenters. The van der Waals surface area contributed by atoms with Gasteiger partial charge in [0.1, 0.15) is 17.1 Å². The number of unbranched alkanes of at least 4 members (excludes halogenated alkanes) is 1. The molecule has 0 atom stereocenters. The molecule has 0 aliphatic rings. The molecule has 0 spiro atoms. The van der Waals surface area contributed by atoms with Gasteiger partial charge >= 0.3 is 11.7 Å². The standard InChI is InChI=1S/C12H16N2O4/c1-3-4-5-13-12(17)14-7-9-10(15)6-8(2)18-11(9)16/h6-7,15H,3-5H2,1-2H3,(H,13,17)/b14-7+. The molecule has 1 rings (SSSR count). The minimum absolute atomic E-state index is 0.133. The Labute approximate surface area is 104 Å². The molecule has 2 N–H and O–H groups in total. The highest BCUT2D eigenvalue weighted by molar-refractivity contribution is 5.92. The van der Waals surface area contributed by atoms with Crippen LogP contribution in [-0.2, 0) is 0 Å². The summed E-state index contributed by atoms with van der Waals surface area (Å²) in [6.45, 7) is 4.08. The number of carbonyl (C=O) groups is 1. The molecule has 0 fully saturated rings. The molecule has 6 heteroatoms. The predicted molar refractivity (Wildman–Crippen MR) is 67.3 cm³/mol. The van der Waals surface area contributed by atoms with Crippen molar-refractivity contribution < 1.29 is 14.3 Å². The fourth-order valence-electron chi connectivity index (χ4n) is 1.27. The zero-order valence-electron chi connectivity index (χ0n) is 10.4. The van der Waals surface area contributed by atoms with Gasteiger partial charge in [0.05, 0.1) is 6.21 Å². The lowest BCUT2D eigenvalue weighted by Crippen LogP contribution is -2.21. The predicted octanol–water partition coefficient (Wildman–Crippen LogP) is 1.58. The molecular weight excluding hydrogens is 236 g/mol. The van der Waals surface area contributed by atoms with E-state index in [9.17, 15) is 14.7 Å². The van der Waals surface area contributed by atoms with Gasteiger partial charge in [-0.05, 0) is 13.3 Å². The molecule has 0 bridgehead atoms. The van der Waals surface area contributed by atoms with E-state index in [0.29, 0.717) is 12.3 Å². The van der Waals surface area contributed by atoms with Gasteiger partial charge in [0.2, 0.25) is 0 Å². The number of nitrogens with one attached hydrogen (secondary N) is 1. The van der Waals surface area contributed by atoms with Crippen LogP contribution in [0.5, 0.6) is 5.75 Å². The lowest BCUT2D eigenvalue weighted by atomic mass is 10.2. The monoisotopic (exact) mass is 252 g/mol. The van der Waals surface area contributed by atoms with Crippen LogP contribution in [0.3, 0.4) is 0 Å². The van der Waals surface area contributed by atoms with Crippen molar-refractivity contribution in [2.24, 2.45) is 4.99 Å². The number of hydrogen-bond donors (Lipinski definition) is 2. The van der Waals surface area contributed by atoms with Gasteiger partial charge in [0.25, 0.3) is 0 Å². The van der Waals surface area contributed by atoms with Crippen LogP contribution in [0, 0.1) is 6.92 Å². The van der Waals surface area contributed by atoms with E-state index in [1.54, 1.807) is 6.92 Å². The van der Waals surface area contributed by atoms with E-state index in [2.05, 4.69) is 10.3 Å². The van der Waals surface area contributed by atoms with E-state index in [-0.39, 0.29) is 11.3 Å². The molecule has 98 valence electrons. The quantitative estimate of drug-likeness (QED) is 0.628. The number of urea groups is 1. The van der Waals surface area contributed by atoms with E-state index >= 15 is 0 Å². The SMILES string of the molecule is CCCCNC(=O)/N=C/c1c(O)cc(C)oc1=O. The maximum Gasteiger partial charge on any atom is 0.348 e. The normalized spacial score (nSPS) is 10.8. The van der Waals surface area contributed by atoms with Gasteiger partial charge in [-0.25, -0.2) is 14.6 Å². The van der Waals surface area contributed by atoms with Gasteiger partial charge in [-0.3, -0.25) is 0 Å². The number of aryl methyl sites for hydroxylation is 1. The average molecular weight is 252 g/mol. The first-order valence-corrected chi connectivity index (χ1v) is 5.70. The summed E-state index contributed by atoms with van der Waals surface area (Å²) in [7, 11) is 0. The minimum atomic E-state index is -0.724. The number of nitrogens with zero attached hydrogens (tertiary/aromatic N) is 1. The van der Waals surface area contributed by atoms with Crippen molar-refractivity contribution in [1.82, 2.24) is 5.32 Å². The number of amides is 2. The number of rotatable bonds is 4. The van der Waals surface area contributed by atoms with E-state index in [4.69, 9.17) is 4.42 Å². The molecule has 1 heterocycles. The molecule has 1 aromatic heterocycles. The second-order valence-corrected chi connectivity index (χ2v) is 3.79. The maximum absolute atomic E-state index is 11.4. The highest BCUT2D eigenvalue weighted by atomic mass is 16.4. The van der Waals surface area contributed by atoms with E-state index in [1.165, 1.54) is 6.07 Å². The zero-order valence-corrected chi connectivity index (χ0v) is 10.4. The van der Waals surface area contributed by atoms with Crippen LogP contribution in [0.2, 0.25) is 0 Å². The Morgan fingerprint density at radius 2 is 2.33 bits per heavy atom. The third-order valence-corrected chi connectivity index (χ3v) is 2.21. The van der Waals surface area contributed by atoms with Crippen molar-refractivity contribution in [2.45, 2.75) is 26.7 Å². The van der Waals surface area contributed by atoms with Crippen molar-refractivity contribution in [3.8, 4) is 5.75 Å². The second-order valence-electron chi connectivity index (χ2n) is 3.79. The van der Waals surface area contributed by atoms with Gasteiger partial charge in [0.15, 0.2) is 0 Å². The molecule has 0 radical (unpaired) electrons. The van der Waals surface area contributed by atoms with Crippen LogP contribution in [0.15, 0.2) is 20.3 Å². The Morgan fingerprint density at radius 1 is 1.61 bits per heavy atom. The smallest absolute Gasteiger partial charge is 0.348 e.